The van der Waals surface area contributed by atoms with Gasteiger partial charge in [-0.3, -0.25) is 0 Å². The maximum atomic E-state index is 9.58. The number of hydrogen-bond acceptors (Lipinski definition) is 5. The number of nitriles is 1. The number of methoxy groups -OCH3 is 1. The first-order chi connectivity index (χ1) is 13.2. The van der Waals surface area contributed by atoms with Crippen molar-refractivity contribution in [2.24, 2.45) is 0 Å². The van der Waals surface area contributed by atoms with Crippen LogP contribution in [0.2, 0.25) is 0 Å². The molecule has 0 fully saturated rings. The average molecular weight is 374 g/mol. The molecule has 3 heterocycles. The van der Waals surface area contributed by atoms with Gasteiger partial charge >= 0.3 is 0 Å². The molecule has 134 valence electrons. The Morgan fingerprint density at radius 2 is 2.22 bits per heavy atom. The molecule has 0 aliphatic heterocycles. The van der Waals surface area contributed by atoms with Gasteiger partial charge in [-0.1, -0.05) is 6.08 Å². The van der Waals surface area contributed by atoms with Crippen LogP contribution in [-0.4, -0.2) is 23.7 Å². The number of ether oxygens (including phenoxy) is 1. The maximum absolute atomic E-state index is 9.58. The van der Waals surface area contributed by atoms with E-state index < -0.39 is 0 Å². The first-order valence-electron chi connectivity index (χ1n) is 8.53. The van der Waals surface area contributed by atoms with E-state index in [0.29, 0.717) is 12.2 Å². The molecule has 0 saturated carbocycles. The molecule has 1 aromatic carbocycles. The summed E-state index contributed by atoms with van der Waals surface area (Å²) in [5.74, 6) is 0. The number of hydrogen-bond donors (Lipinski definition) is 2. The van der Waals surface area contributed by atoms with Crippen molar-refractivity contribution in [3.8, 4) is 6.07 Å². The largest absolute Gasteiger partial charge is 0.381 e. The molecule has 0 amide bonds. The van der Waals surface area contributed by atoms with Crippen molar-refractivity contribution in [3.05, 3.63) is 58.7 Å². The molecule has 2 N–H and O–H groups in total. The zero-order valence-corrected chi connectivity index (χ0v) is 15.9. The molecular formula is C21H18N4OS. The molecule has 3 aromatic heterocycles. The van der Waals surface area contributed by atoms with Gasteiger partial charge in [-0.2, -0.15) is 5.26 Å². The molecule has 0 atom stereocenters. The Balaban J connectivity index is 1.81. The van der Waals surface area contributed by atoms with Crippen LogP contribution in [0.5, 0.6) is 0 Å². The minimum atomic E-state index is 0.529. The summed E-state index contributed by atoms with van der Waals surface area (Å²) in [6.07, 6.45) is 7.55. The van der Waals surface area contributed by atoms with Crippen LogP contribution in [0.1, 0.15) is 16.0 Å². The number of aryl methyl sites for hydroxylation is 1. The summed E-state index contributed by atoms with van der Waals surface area (Å²) in [6.45, 7) is 2.64. The average Bonchev–Trinajstić information content (AvgIpc) is 3.31. The third-order valence-corrected chi connectivity index (χ3v) is 5.52. The summed E-state index contributed by atoms with van der Waals surface area (Å²) in [5.41, 5.74) is 4.54. The molecule has 0 radical (unpaired) electrons. The van der Waals surface area contributed by atoms with Crippen LogP contribution < -0.4 is 5.32 Å². The van der Waals surface area contributed by atoms with Crippen LogP contribution in [0.3, 0.4) is 0 Å². The van der Waals surface area contributed by atoms with Gasteiger partial charge in [0, 0.05) is 46.4 Å². The highest BCUT2D eigenvalue weighted by atomic mass is 32.1. The smallest absolute Gasteiger partial charge is 0.125 e. The van der Waals surface area contributed by atoms with E-state index in [-0.39, 0.29) is 0 Å². The Labute approximate surface area is 160 Å². The lowest BCUT2D eigenvalue weighted by Crippen LogP contribution is -1.97. The highest BCUT2D eigenvalue weighted by Gasteiger charge is 2.14. The summed E-state index contributed by atoms with van der Waals surface area (Å²) in [7, 11) is 1.67. The molecule has 0 unspecified atom stereocenters. The summed E-state index contributed by atoms with van der Waals surface area (Å²) in [5, 5.41) is 15.2. The Kier molecular flexibility index (Phi) is 4.63. The van der Waals surface area contributed by atoms with E-state index in [2.05, 4.69) is 40.4 Å². The quantitative estimate of drug-likeness (QED) is 0.493. The molecule has 0 aliphatic carbocycles. The molecule has 0 spiro atoms. The second-order valence-electron chi connectivity index (χ2n) is 6.19. The lowest BCUT2D eigenvalue weighted by atomic mass is 10.1. The Morgan fingerprint density at radius 1 is 1.33 bits per heavy atom. The fourth-order valence-electron chi connectivity index (χ4n) is 3.12. The summed E-state index contributed by atoms with van der Waals surface area (Å²) in [6, 6.07) is 10.5. The fourth-order valence-corrected chi connectivity index (χ4v) is 4.06. The molecule has 6 heteroatoms. The first-order valence-corrected chi connectivity index (χ1v) is 9.34. The Hall–Kier alpha value is -3.14. The minimum absolute atomic E-state index is 0.529. The van der Waals surface area contributed by atoms with E-state index in [1.807, 2.05) is 30.5 Å². The van der Waals surface area contributed by atoms with Crippen molar-refractivity contribution < 1.29 is 4.74 Å². The van der Waals surface area contributed by atoms with Crippen molar-refractivity contribution in [2.75, 3.05) is 19.0 Å². The number of aromatic amines is 1. The number of H-pyrrole nitrogens is 1. The number of nitrogens with zero attached hydrogens (tertiary/aromatic N) is 2. The van der Waals surface area contributed by atoms with Gasteiger partial charge in [0.15, 0.2) is 0 Å². The molecule has 4 rings (SSSR count). The SMILES string of the molecule is COC/C=C/c1cc2c(Nc3ccc4[nH]ccc4c3C)c(C#N)cnc2s1. The number of benzene rings is 1. The number of aromatic nitrogens is 2. The molecule has 4 aromatic rings. The van der Waals surface area contributed by atoms with E-state index in [9.17, 15) is 5.26 Å². The Morgan fingerprint density at radius 3 is 3.04 bits per heavy atom. The van der Waals surface area contributed by atoms with E-state index in [4.69, 9.17) is 4.74 Å². The van der Waals surface area contributed by atoms with Crippen molar-refractivity contribution in [1.82, 2.24) is 9.97 Å². The second-order valence-corrected chi connectivity index (χ2v) is 7.25. The number of anilines is 2. The highest BCUT2D eigenvalue weighted by molar-refractivity contribution is 7.19. The standard InChI is InChI=1S/C21H18N4OS/c1-13-16-7-8-23-19(16)6-5-18(13)25-20-14(11-22)12-24-21-17(20)10-15(27-21)4-3-9-26-2/h3-8,10,12,23H,9H2,1-2H3,(H,24,25)/b4-3+. The summed E-state index contributed by atoms with van der Waals surface area (Å²) < 4.78 is 5.06. The van der Waals surface area contributed by atoms with Gasteiger partial charge in [-0.05, 0) is 42.8 Å². The van der Waals surface area contributed by atoms with E-state index in [1.54, 1.807) is 24.6 Å². The third kappa shape index (κ3) is 3.19. The van der Waals surface area contributed by atoms with Gasteiger partial charge in [0.05, 0.1) is 17.9 Å². The zero-order chi connectivity index (χ0) is 18.8. The van der Waals surface area contributed by atoms with E-state index in [0.717, 1.165) is 42.9 Å². The molecule has 0 saturated heterocycles. The summed E-state index contributed by atoms with van der Waals surface area (Å²) in [4.78, 5) is 9.65. The normalized spacial score (nSPS) is 11.4. The Bertz CT molecular complexity index is 1200. The van der Waals surface area contributed by atoms with Gasteiger partial charge in [-0.15, -0.1) is 11.3 Å². The number of fused-ring (bicyclic) bond motifs is 2. The third-order valence-electron chi connectivity index (χ3n) is 4.51. The van der Waals surface area contributed by atoms with E-state index >= 15 is 0 Å². The van der Waals surface area contributed by atoms with Gasteiger partial charge in [0.25, 0.3) is 0 Å². The second kappa shape index (κ2) is 7.23. The molecule has 0 bridgehead atoms. The van der Waals surface area contributed by atoms with Crippen molar-refractivity contribution in [1.29, 1.82) is 5.26 Å². The molecule has 5 nitrogen and oxygen atoms in total. The van der Waals surface area contributed by atoms with Crippen LogP contribution in [0.25, 0.3) is 27.2 Å². The van der Waals surface area contributed by atoms with Crippen molar-refractivity contribution in [3.63, 3.8) is 0 Å². The van der Waals surface area contributed by atoms with Crippen LogP contribution in [-0.2, 0) is 4.74 Å². The predicted octanol–water partition coefficient (Wildman–Crippen LogP) is 5.36. The fraction of sp³-hybridized carbons (Fsp3) is 0.143. The highest BCUT2D eigenvalue weighted by Crippen LogP contribution is 2.36. The van der Waals surface area contributed by atoms with Crippen LogP contribution in [0.15, 0.2) is 42.7 Å². The van der Waals surface area contributed by atoms with Crippen molar-refractivity contribution >= 4 is 49.9 Å². The lowest BCUT2D eigenvalue weighted by molar-refractivity contribution is 0.234. The van der Waals surface area contributed by atoms with E-state index in [1.165, 1.54) is 0 Å². The van der Waals surface area contributed by atoms with Crippen LogP contribution in [0.4, 0.5) is 11.4 Å². The van der Waals surface area contributed by atoms with Gasteiger partial charge in [0.2, 0.25) is 0 Å². The number of pyridine rings is 1. The topological polar surface area (TPSA) is 73.7 Å². The number of rotatable bonds is 5. The molecule has 0 aliphatic rings. The number of thiophene rings is 1. The maximum Gasteiger partial charge on any atom is 0.125 e. The lowest BCUT2D eigenvalue weighted by Gasteiger charge is -2.12. The predicted molar refractivity (Wildman–Crippen MR) is 112 cm³/mol. The van der Waals surface area contributed by atoms with Gasteiger partial charge < -0.3 is 15.0 Å². The molecule has 27 heavy (non-hydrogen) atoms. The zero-order valence-electron chi connectivity index (χ0n) is 15.0. The number of nitrogens with one attached hydrogen (secondary N) is 2. The van der Waals surface area contributed by atoms with Crippen LogP contribution >= 0.6 is 11.3 Å². The summed E-state index contributed by atoms with van der Waals surface area (Å²) >= 11 is 1.59. The first kappa shape index (κ1) is 17.3. The van der Waals surface area contributed by atoms with Crippen LogP contribution in [0, 0.1) is 18.3 Å². The van der Waals surface area contributed by atoms with Crippen molar-refractivity contribution in [2.45, 2.75) is 6.92 Å². The van der Waals surface area contributed by atoms with Gasteiger partial charge in [0.1, 0.15) is 10.9 Å². The van der Waals surface area contributed by atoms with Gasteiger partial charge in [-0.25, -0.2) is 4.98 Å². The minimum Gasteiger partial charge on any atom is -0.381 e. The molecular weight excluding hydrogens is 356 g/mol. The monoisotopic (exact) mass is 374 g/mol.